The number of phenols is 1. The Morgan fingerprint density at radius 3 is 2.46 bits per heavy atom. The van der Waals surface area contributed by atoms with Gasteiger partial charge in [0.15, 0.2) is 17.3 Å². The molecule has 2 N–H and O–H groups in total. The molecule has 0 bridgehead atoms. The van der Waals surface area contributed by atoms with Gasteiger partial charge in [-0.1, -0.05) is 31.5 Å². The van der Waals surface area contributed by atoms with Crippen molar-refractivity contribution in [2.45, 2.75) is 64.5 Å². The predicted molar refractivity (Wildman–Crippen MR) is 150 cm³/mol. The second kappa shape index (κ2) is 10.9. The summed E-state index contributed by atoms with van der Waals surface area (Å²) in [7, 11) is 1.51. The predicted octanol–water partition coefficient (Wildman–Crippen LogP) is 6.93. The van der Waals surface area contributed by atoms with Crippen LogP contribution in [0.25, 0.3) is 22.0 Å². The number of Topliss-reactive ketones (excluding diaryl/α,β-unsaturated/α-hetero) is 1. The van der Waals surface area contributed by atoms with Crippen LogP contribution in [0.3, 0.4) is 0 Å². The molecule has 0 spiro atoms. The van der Waals surface area contributed by atoms with E-state index in [2.05, 4.69) is 35.1 Å². The van der Waals surface area contributed by atoms with Crippen LogP contribution >= 0.6 is 11.6 Å². The summed E-state index contributed by atoms with van der Waals surface area (Å²) in [6.45, 7) is 6.65. The largest absolute Gasteiger partial charge is 0.503 e. The first-order chi connectivity index (χ1) is 17.9. The molecular formula is C30H36ClN3O3. The minimum absolute atomic E-state index is 0.0737. The van der Waals surface area contributed by atoms with Gasteiger partial charge in [0.05, 0.1) is 28.9 Å². The third-order valence-electron chi connectivity index (χ3n) is 8.04. The molecule has 0 amide bonds. The Labute approximate surface area is 224 Å². The summed E-state index contributed by atoms with van der Waals surface area (Å²) in [5.41, 5.74) is 4.17. The van der Waals surface area contributed by atoms with Crippen LogP contribution in [0.5, 0.6) is 11.5 Å². The summed E-state index contributed by atoms with van der Waals surface area (Å²) in [4.78, 5) is 20.5. The number of phenolic OH excluding ortho intramolecular Hbond substituents is 1. The van der Waals surface area contributed by atoms with E-state index in [1.807, 2.05) is 12.1 Å². The monoisotopic (exact) mass is 521 g/mol. The first kappa shape index (κ1) is 25.8. The number of nitrogens with one attached hydrogen (secondary N) is 1. The molecule has 6 nitrogen and oxygen atoms in total. The van der Waals surface area contributed by atoms with E-state index >= 15 is 0 Å². The lowest BCUT2D eigenvalue weighted by Gasteiger charge is -2.36. The van der Waals surface area contributed by atoms with Gasteiger partial charge in [0.25, 0.3) is 0 Å². The van der Waals surface area contributed by atoms with Gasteiger partial charge in [0.2, 0.25) is 0 Å². The number of carbonyl (C=O) groups is 1. The Morgan fingerprint density at radius 1 is 1.08 bits per heavy atom. The van der Waals surface area contributed by atoms with Crippen molar-refractivity contribution in [1.29, 1.82) is 0 Å². The normalized spacial score (nSPS) is 19.8. The number of ether oxygens (including phenoxy) is 1. The zero-order valence-corrected chi connectivity index (χ0v) is 22.6. The number of benzene rings is 2. The average molecular weight is 522 g/mol. The maximum atomic E-state index is 13.3. The molecule has 2 fully saturated rings. The number of nitrogens with zero attached hydrogens (tertiary/aromatic N) is 2. The van der Waals surface area contributed by atoms with Crippen LogP contribution in [-0.4, -0.2) is 53.1 Å². The van der Waals surface area contributed by atoms with Crippen LogP contribution in [0.4, 0.5) is 5.69 Å². The molecule has 2 saturated carbocycles. The summed E-state index contributed by atoms with van der Waals surface area (Å²) in [6, 6.07) is 10.5. The topological polar surface area (TPSA) is 74.7 Å². The standard InChI is InChI=1S/C30H36ClN3O3/c1-4-34(5-2)22-11-9-21(10-12-22)33-28-23-14-19(20-15-25(31)30(36)27(16-20)37-3)8-13-26(23)32-17-24(28)29(35)18-6-7-18/h8,13-18,21-22,36H,4-7,9-12H2,1-3H3,(H,32,33)/t21-,22-. The second-order valence-electron chi connectivity index (χ2n) is 10.3. The van der Waals surface area contributed by atoms with Gasteiger partial charge >= 0.3 is 0 Å². The molecular weight excluding hydrogens is 486 g/mol. The van der Waals surface area contributed by atoms with Crippen molar-refractivity contribution in [2.24, 2.45) is 5.92 Å². The number of hydrogen-bond donors (Lipinski definition) is 2. The summed E-state index contributed by atoms with van der Waals surface area (Å²) >= 11 is 6.29. The van der Waals surface area contributed by atoms with Crippen molar-refractivity contribution in [3.8, 4) is 22.6 Å². The smallest absolute Gasteiger partial charge is 0.176 e. The molecule has 37 heavy (non-hydrogen) atoms. The maximum absolute atomic E-state index is 13.3. The molecule has 0 radical (unpaired) electrons. The molecule has 2 aliphatic rings. The van der Waals surface area contributed by atoms with Crippen LogP contribution in [0.1, 0.15) is 62.7 Å². The molecule has 2 aliphatic carbocycles. The van der Waals surface area contributed by atoms with Gasteiger partial charge in [-0.15, -0.1) is 0 Å². The Hall–Kier alpha value is -2.83. The van der Waals surface area contributed by atoms with Crippen molar-refractivity contribution in [3.05, 3.63) is 47.1 Å². The minimum atomic E-state index is -0.0737. The first-order valence-electron chi connectivity index (χ1n) is 13.5. The van der Waals surface area contributed by atoms with Gasteiger partial charge < -0.3 is 20.1 Å². The van der Waals surface area contributed by atoms with Gasteiger partial charge in [0.1, 0.15) is 0 Å². The van der Waals surface area contributed by atoms with Gasteiger partial charge in [-0.3, -0.25) is 9.78 Å². The average Bonchev–Trinajstić information content (AvgIpc) is 3.77. The van der Waals surface area contributed by atoms with Gasteiger partial charge in [0, 0.05) is 29.6 Å². The van der Waals surface area contributed by atoms with Gasteiger partial charge in [-0.05, 0) is 87.0 Å². The van der Waals surface area contributed by atoms with Crippen LogP contribution in [0, 0.1) is 5.92 Å². The van der Waals surface area contributed by atoms with E-state index < -0.39 is 0 Å². The zero-order chi connectivity index (χ0) is 26.1. The number of aromatic hydroxyl groups is 1. The van der Waals surface area contributed by atoms with Gasteiger partial charge in [-0.2, -0.15) is 0 Å². The van der Waals surface area contributed by atoms with Crippen LogP contribution < -0.4 is 10.1 Å². The number of hydrogen-bond acceptors (Lipinski definition) is 6. The molecule has 0 atom stereocenters. The molecule has 0 unspecified atom stereocenters. The van der Waals surface area contributed by atoms with E-state index in [0.717, 1.165) is 79.3 Å². The number of carbonyl (C=O) groups excluding carboxylic acids is 1. The molecule has 196 valence electrons. The lowest BCUT2D eigenvalue weighted by Crippen LogP contribution is -2.40. The molecule has 7 heteroatoms. The third-order valence-corrected chi connectivity index (χ3v) is 8.33. The van der Waals surface area contributed by atoms with Crippen molar-refractivity contribution < 1.29 is 14.6 Å². The number of pyridine rings is 1. The minimum Gasteiger partial charge on any atom is -0.503 e. The summed E-state index contributed by atoms with van der Waals surface area (Å²) in [5, 5.41) is 15.2. The number of methoxy groups -OCH3 is 1. The van der Waals surface area contributed by atoms with Crippen molar-refractivity contribution in [2.75, 3.05) is 25.5 Å². The number of rotatable bonds is 9. The fraction of sp³-hybridized carbons (Fsp3) is 0.467. The fourth-order valence-corrected chi connectivity index (χ4v) is 5.92. The first-order valence-corrected chi connectivity index (χ1v) is 13.9. The van der Waals surface area contributed by atoms with E-state index in [9.17, 15) is 9.90 Å². The Bertz CT molecular complexity index is 1290. The highest BCUT2D eigenvalue weighted by molar-refractivity contribution is 6.32. The molecule has 5 rings (SSSR count). The van der Waals surface area contributed by atoms with Crippen molar-refractivity contribution >= 4 is 34.0 Å². The Morgan fingerprint density at radius 2 is 1.81 bits per heavy atom. The number of anilines is 1. The van der Waals surface area contributed by atoms with E-state index in [4.69, 9.17) is 16.3 Å². The number of fused-ring (bicyclic) bond motifs is 1. The maximum Gasteiger partial charge on any atom is 0.176 e. The SMILES string of the molecule is CCN(CC)[C@H]1CC[C@H](Nc2c(C(=O)C3CC3)cnc3ccc(-c4cc(Cl)c(O)c(OC)c4)cc23)CC1. The van der Waals surface area contributed by atoms with E-state index in [1.54, 1.807) is 18.3 Å². The highest BCUT2D eigenvalue weighted by Gasteiger charge is 2.33. The number of halogens is 1. The number of aromatic nitrogens is 1. The molecule has 0 aliphatic heterocycles. The highest BCUT2D eigenvalue weighted by Crippen LogP contribution is 2.41. The van der Waals surface area contributed by atoms with Crippen LogP contribution in [0.15, 0.2) is 36.5 Å². The van der Waals surface area contributed by atoms with Gasteiger partial charge in [-0.25, -0.2) is 0 Å². The zero-order valence-electron chi connectivity index (χ0n) is 21.9. The lowest BCUT2D eigenvalue weighted by molar-refractivity contribution is 0.0968. The van der Waals surface area contributed by atoms with Crippen molar-refractivity contribution in [1.82, 2.24) is 9.88 Å². The molecule has 1 heterocycles. The summed E-state index contributed by atoms with van der Waals surface area (Å²) in [6.07, 6.45) is 8.14. The third kappa shape index (κ3) is 5.27. The summed E-state index contributed by atoms with van der Waals surface area (Å²) in [5.74, 6) is 0.548. The molecule has 2 aromatic carbocycles. The van der Waals surface area contributed by atoms with E-state index in [1.165, 1.54) is 7.11 Å². The number of ketones is 1. The van der Waals surface area contributed by atoms with Crippen LogP contribution in [-0.2, 0) is 0 Å². The molecule has 0 saturated heterocycles. The second-order valence-corrected chi connectivity index (χ2v) is 10.7. The fourth-order valence-electron chi connectivity index (χ4n) is 5.71. The Kier molecular flexibility index (Phi) is 7.59. The molecule has 3 aromatic rings. The highest BCUT2D eigenvalue weighted by atomic mass is 35.5. The Balaban J connectivity index is 1.52. The van der Waals surface area contributed by atoms with E-state index in [-0.39, 0.29) is 22.5 Å². The molecule has 1 aromatic heterocycles. The lowest BCUT2D eigenvalue weighted by atomic mass is 9.89. The van der Waals surface area contributed by atoms with Crippen molar-refractivity contribution in [3.63, 3.8) is 0 Å². The van der Waals surface area contributed by atoms with Crippen LogP contribution in [0.2, 0.25) is 5.02 Å². The summed E-state index contributed by atoms with van der Waals surface area (Å²) < 4.78 is 5.32. The quantitative estimate of drug-likeness (QED) is 0.297. The van der Waals surface area contributed by atoms with E-state index in [0.29, 0.717) is 23.4 Å².